The maximum atomic E-state index is 6.06. The zero-order chi connectivity index (χ0) is 14.7. The highest BCUT2D eigenvalue weighted by Gasteiger charge is 2.17. The van der Waals surface area contributed by atoms with E-state index in [0.717, 1.165) is 50.1 Å². The Morgan fingerprint density at radius 2 is 1.95 bits per heavy atom. The van der Waals surface area contributed by atoms with Crippen molar-refractivity contribution in [3.63, 3.8) is 0 Å². The van der Waals surface area contributed by atoms with Gasteiger partial charge in [-0.3, -0.25) is 4.90 Å². The highest BCUT2D eigenvalue weighted by atomic mass is 35.5. The monoisotopic (exact) mass is 305 g/mol. The number of nitrogens with zero attached hydrogens (tertiary/aromatic N) is 5. The van der Waals surface area contributed by atoms with Crippen molar-refractivity contribution >= 4 is 17.3 Å². The summed E-state index contributed by atoms with van der Waals surface area (Å²) in [5.74, 6) is 0.979. The number of rotatable bonds is 4. The summed E-state index contributed by atoms with van der Waals surface area (Å²) in [7, 11) is 0. The molecule has 0 atom stereocenters. The lowest BCUT2D eigenvalue weighted by Gasteiger charge is -2.36. The number of hydrogen-bond donors (Lipinski definition) is 0. The lowest BCUT2D eigenvalue weighted by atomic mass is 10.2. The summed E-state index contributed by atoms with van der Waals surface area (Å²) in [5.41, 5.74) is 1.22. The molecule has 5 nitrogen and oxygen atoms in total. The molecule has 1 aliphatic heterocycles. The predicted octanol–water partition coefficient (Wildman–Crippen LogP) is 2.06. The molecule has 1 fully saturated rings. The van der Waals surface area contributed by atoms with Crippen LogP contribution in [0.5, 0.6) is 0 Å². The fourth-order valence-electron chi connectivity index (χ4n) is 2.68. The maximum Gasteiger partial charge on any atom is 0.129 e. The minimum atomic E-state index is 0.804. The third-order valence-corrected chi connectivity index (χ3v) is 4.25. The van der Waals surface area contributed by atoms with Crippen LogP contribution in [0.2, 0.25) is 5.02 Å². The van der Waals surface area contributed by atoms with E-state index >= 15 is 0 Å². The molecule has 3 rings (SSSR count). The molecule has 2 heterocycles. The van der Waals surface area contributed by atoms with E-state index in [1.54, 1.807) is 6.33 Å². The first-order chi connectivity index (χ1) is 10.2. The van der Waals surface area contributed by atoms with Gasteiger partial charge in [0.25, 0.3) is 0 Å². The second kappa shape index (κ2) is 6.45. The van der Waals surface area contributed by atoms with Gasteiger partial charge in [0.15, 0.2) is 0 Å². The first kappa shape index (κ1) is 14.4. The summed E-state index contributed by atoms with van der Waals surface area (Å²) in [5, 5.41) is 8.74. The molecular formula is C15H20ClN5. The molecule has 112 valence electrons. The number of aromatic nitrogens is 3. The van der Waals surface area contributed by atoms with Crippen molar-refractivity contribution in [3.05, 3.63) is 41.4 Å². The van der Waals surface area contributed by atoms with Crippen molar-refractivity contribution in [2.24, 2.45) is 0 Å². The largest absolute Gasteiger partial charge is 0.369 e. The first-order valence-electron chi connectivity index (χ1n) is 7.29. The van der Waals surface area contributed by atoms with Crippen LogP contribution in [0.1, 0.15) is 5.82 Å². The smallest absolute Gasteiger partial charge is 0.129 e. The Morgan fingerprint density at radius 3 is 2.62 bits per heavy atom. The summed E-state index contributed by atoms with van der Waals surface area (Å²) < 4.78 is 2.10. The average molecular weight is 306 g/mol. The van der Waals surface area contributed by atoms with Crippen LogP contribution in [0.4, 0.5) is 5.69 Å². The molecule has 1 aromatic carbocycles. The van der Waals surface area contributed by atoms with E-state index in [9.17, 15) is 0 Å². The van der Waals surface area contributed by atoms with Crippen LogP contribution < -0.4 is 4.90 Å². The molecule has 0 N–H and O–H groups in total. The van der Waals surface area contributed by atoms with E-state index in [-0.39, 0.29) is 0 Å². The van der Waals surface area contributed by atoms with Gasteiger partial charge in [0.05, 0.1) is 0 Å². The van der Waals surface area contributed by atoms with E-state index in [4.69, 9.17) is 11.6 Å². The van der Waals surface area contributed by atoms with Gasteiger partial charge in [-0.15, -0.1) is 10.2 Å². The molecule has 0 amide bonds. The van der Waals surface area contributed by atoms with Crippen molar-refractivity contribution in [3.8, 4) is 0 Å². The molecular weight excluding hydrogens is 286 g/mol. The van der Waals surface area contributed by atoms with E-state index in [1.165, 1.54) is 5.69 Å². The van der Waals surface area contributed by atoms with Gasteiger partial charge >= 0.3 is 0 Å². The molecule has 0 spiro atoms. The van der Waals surface area contributed by atoms with E-state index in [1.807, 2.05) is 25.1 Å². The van der Waals surface area contributed by atoms with Gasteiger partial charge in [0, 0.05) is 50.0 Å². The number of anilines is 1. The molecule has 2 aromatic rings. The van der Waals surface area contributed by atoms with E-state index in [0.29, 0.717) is 0 Å². The van der Waals surface area contributed by atoms with E-state index < -0.39 is 0 Å². The molecule has 1 aliphatic rings. The van der Waals surface area contributed by atoms with Gasteiger partial charge in [-0.2, -0.15) is 0 Å². The predicted molar refractivity (Wildman–Crippen MR) is 84.9 cm³/mol. The molecule has 0 radical (unpaired) electrons. The van der Waals surface area contributed by atoms with Crippen molar-refractivity contribution in [1.29, 1.82) is 0 Å². The Morgan fingerprint density at radius 1 is 1.14 bits per heavy atom. The average Bonchev–Trinajstić information content (AvgIpc) is 2.91. The molecule has 0 unspecified atom stereocenters. The number of aryl methyl sites for hydroxylation is 1. The minimum Gasteiger partial charge on any atom is -0.369 e. The second-order valence-electron chi connectivity index (χ2n) is 5.38. The van der Waals surface area contributed by atoms with Crippen molar-refractivity contribution < 1.29 is 0 Å². The third-order valence-electron chi connectivity index (χ3n) is 4.01. The molecule has 6 heteroatoms. The molecule has 1 saturated heterocycles. The van der Waals surface area contributed by atoms with Gasteiger partial charge in [0.2, 0.25) is 0 Å². The fourth-order valence-corrected chi connectivity index (χ4v) is 2.87. The Kier molecular flexibility index (Phi) is 4.41. The lowest BCUT2D eigenvalue weighted by Crippen LogP contribution is -2.47. The zero-order valence-corrected chi connectivity index (χ0v) is 13.0. The van der Waals surface area contributed by atoms with Crippen LogP contribution in [0.25, 0.3) is 0 Å². The summed E-state index contributed by atoms with van der Waals surface area (Å²) in [6, 6.07) is 8.10. The maximum absolute atomic E-state index is 6.06. The van der Waals surface area contributed by atoms with Crippen molar-refractivity contribution in [2.75, 3.05) is 37.6 Å². The third kappa shape index (κ3) is 3.54. The van der Waals surface area contributed by atoms with Crippen LogP contribution in [0, 0.1) is 6.92 Å². The Balaban J connectivity index is 1.50. The van der Waals surface area contributed by atoms with Crippen LogP contribution >= 0.6 is 11.6 Å². The van der Waals surface area contributed by atoms with E-state index in [2.05, 4.69) is 30.6 Å². The standard InChI is InChI=1S/C15H20ClN5/c1-13-18-17-12-21(13)10-7-19-5-8-20(9-6-19)15-4-2-3-14(16)11-15/h2-4,11-12H,5-10H2,1H3. The summed E-state index contributed by atoms with van der Waals surface area (Å²) in [4.78, 5) is 4.88. The van der Waals surface area contributed by atoms with Gasteiger partial charge in [-0.1, -0.05) is 17.7 Å². The fraction of sp³-hybridized carbons (Fsp3) is 0.467. The molecule has 0 saturated carbocycles. The zero-order valence-electron chi connectivity index (χ0n) is 12.2. The topological polar surface area (TPSA) is 37.2 Å². The quantitative estimate of drug-likeness (QED) is 0.866. The number of benzene rings is 1. The van der Waals surface area contributed by atoms with Crippen LogP contribution in [-0.4, -0.2) is 52.4 Å². The highest BCUT2D eigenvalue weighted by Crippen LogP contribution is 2.20. The highest BCUT2D eigenvalue weighted by molar-refractivity contribution is 6.30. The van der Waals surface area contributed by atoms with Crippen LogP contribution in [0.3, 0.4) is 0 Å². The van der Waals surface area contributed by atoms with Gasteiger partial charge < -0.3 is 9.47 Å². The van der Waals surface area contributed by atoms with Gasteiger partial charge in [-0.05, 0) is 25.1 Å². The Hall–Kier alpha value is -1.59. The van der Waals surface area contributed by atoms with Gasteiger partial charge in [0.1, 0.15) is 12.2 Å². The van der Waals surface area contributed by atoms with Crippen molar-refractivity contribution in [2.45, 2.75) is 13.5 Å². The number of halogens is 1. The Labute approximate surface area is 130 Å². The second-order valence-corrected chi connectivity index (χ2v) is 5.82. The lowest BCUT2D eigenvalue weighted by molar-refractivity contribution is 0.247. The molecule has 1 aromatic heterocycles. The van der Waals surface area contributed by atoms with Gasteiger partial charge in [-0.25, -0.2) is 0 Å². The van der Waals surface area contributed by atoms with Crippen molar-refractivity contribution in [1.82, 2.24) is 19.7 Å². The number of hydrogen-bond acceptors (Lipinski definition) is 4. The molecule has 0 aliphatic carbocycles. The summed E-state index contributed by atoms with van der Waals surface area (Å²) in [6.45, 7) is 8.23. The van der Waals surface area contributed by atoms with Crippen LogP contribution in [-0.2, 0) is 6.54 Å². The molecule has 0 bridgehead atoms. The Bertz CT molecular complexity index is 589. The normalized spacial score (nSPS) is 16.4. The summed E-state index contributed by atoms with van der Waals surface area (Å²) >= 11 is 6.06. The first-order valence-corrected chi connectivity index (χ1v) is 7.67. The SMILES string of the molecule is Cc1nncn1CCN1CCN(c2cccc(Cl)c2)CC1. The number of piperazine rings is 1. The minimum absolute atomic E-state index is 0.804. The van der Waals surface area contributed by atoms with Crippen LogP contribution in [0.15, 0.2) is 30.6 Å². The summed E-state index contributed by atoms with van der Waals surface area (Å²) in [6.07, 6.45) is 1.80. The molecule has 21 heavy (non-hydrogen) atoms.